The van der Waals surface area contributed by atoms with Gasteiger partial charge >= 0.3 is 0 Å². The van der Waals surface area contributed by atoms with E-state index in [1.165, 1.54) is 5.69 Å². The van der Waals surface area contributed by atoms with Crippen LogP contribution in [0.5, 0.6) is 17.2 Å². The molecular formula is C20H24N2O3S. The quantitative estimate of drug-likeness (QED) is 0.750. The first-order valence-corrected chi connectivity index (χ1v) is 8.97. The number of benzene rings is 2. The second kappa shape index (κ2) is 8.27. The Bertz CT molecular complexity index is 756. The van der Waals surface area contributed by atoms with Gasteiger partial charge in [0, 0.05) is 37.9 Å². The first kappa shape index (κ1) is 18.3. The van der Waals surface area contributed by atoms with E-state index in [4.69, 9.17) is 26.4 Å². The fraction of sp³-hybridized carbons (Fsp3) is 0.350. The minimum absolute atomic E-state index is 0.743. The lowest BCUT2D eigenvalue weighted by atomic mass is 10.1. The first-order valence-electron chi connectivity index (χ1n) is 8.56. The number of anilines is 1. The van der Waals surface area contributed by atoms with Crippen LogP contribution < -0.4 is 19.1 Å². The molecule has 26 heavy (non-hydrogen) atoms. The third kappa shape index (κ3) is 3.85. The largest absolute Gasteiger partial charge is 0.497 e. The molecule has 0 aromatic heterocycles. The van der Waals surface area contributed by atoms with Crippen molar-refractivity contribution >= 4 is 22.9 Å². The minimum Gasteiger partial charge on any atom is -0.497 e. The number of hydrogen-bond acceptors (Lipinski definition) is 5. The van der Waals surface area contributed by atoms with E-state index in [2.05, 4.69) is 21.9 Å². The Hall–Kier alpha value is -2.47. The highest BCUT2D eigenvalue weighted by Crippen LogP contribution is 2.27. The van der Waals surface area contributed by atoms with Crippen molar-refractivity contribution in [1.82, 2.24) is 4.90 Å². The lowest BCUT2D eigenvalue weighted by molar-refractivity contribution is 0.382. The van der Waals surface area contributed by atoms with Gasteiger partial charge in [0.2, 0.25) is 0 Å². The smallest absolute Gasteiger partial charge is 0.132 e. The Balaban J connectivity index is 1.66. The van der Waals surface area contributed by atoms with Crippen LogP contribution in [0, 0.1) is 0 Å². The minimum atomic E-state index is 0.743. The predicted molar refractivity (Wildman–Crippen MR) is 108 cm³/mol. The van der Waals surface area contributed by atoms with Crippen LogP contribution in [0.1, 0.15) is 5.56 Å². The number of nitrogens with zero attached hydrogens (tertiary/aromatic N) is 2. The monoisotopic (exact) mass is 372 g/mol. The number of rotatable bonds is 5. The van der Waals surface area contributed by atoms with Gasteiger partial charge in [-0.05, 0) is 36.4 Å². The van der Waals surface area contributed by atoms with Crippen molar-refractivity contribution in [3.8, 4) is 17.2 Å². The molecule has 2 aromatic rings. The van der Waals surface area contributed by atoms with Crippen LogP contribution in [-0.2, 0) is 0 Å². The standard InChI is InChI=1S/C20H24N2O3S/c1-23-16-6-4-15(5-7-16)21-10-12-22(13-11-21)20(26)18-9-8-17(24-2)14-19(18)25-3/h4-9,14H,10-13H2,1-3H3. The molecule has 0 N–H and O–H groups in total. The molecule has 0 saturated carbocycles. The molecule has 1 saturated heterocycles. The molecule has 138 valence electrons. The van der Waals surface area contributed by atoms with E-state index in [1.807, 2.05) is 30.3 Å². The fourth-order valence-corrected chi connectivity index (χ4v) is 3.46. The van der Waals surface area contributed by atoms with Crippen LogP contribution in [0.25, 0.3) is 0 Å². The van der Waals surface area contributed by atoms with Gasteiger partial charge in [-0.25, -0.2) is 0 Å². The number of thiocarbonyl (C=S) groups is 1. The molecule has 1 heterocycles. The molecule has 1 fully saturated rings. The Morgan fingerprint density at radius 3 is 2.00 bits per heavy atom. The molecular weight excluding hydrogens is 348 g/mol. The molecule has 0 amide bonds. The van der Waals surface area contributed by atoms with Gasteiger partial charge in [0.15, 0.2) is 0 Å². The van der Waals surface area contributed by atoms with Crippen molar-refractivity contribution in [2.45, 2.75) is 0 Å². The fourth-order valence-electron chi connectivity index (χ4n) is 3.11. The summed E-state index contributed by atoms with van der Waals surface area (Å²) in [6, 6.07) is 13.9. The van der Waals surface area contributed by atoms with Crippen LogP contribution in [0.4, 0.5) is 5.69 Å². The van der Waals surface area contributed by atoms with Gasteiger partial charge in [-0.15, -0.1) is 0 Å². The molecule has 2 aromatic carbocycles. The molecule has 0 bridgehead atoms. The molecule has 1 aliphatic heterocycles. The molecule has 1 aliphatic rings. The maximum absolute atomic E-state index is 5.73. The first-order chi connectivity index (χ1) is 12.7. The Kier molecular flexibility index (Phi) is 5.83. The zero-order valence-corrected chi connectivity index (χ0v) is 16.2. The summed E-state index contributed by atoms with van der Waals surface area (Å²) in [6.45, 7) is 3.59. The number of ether oxygens (including phenoxy) is 3. The zero-order chi connectivity index (χ0) is 18.5. The van der Waals surface area contributed by atoms with E-state index in [0.717, 1.165) is 54.0 Å². The van der Waals surface area contributed by atoms with Gasteiger partial charge in [-0.1, -0.05) is 12.2 Å². The molecule has 0 atom stereocenters. The molecule has 3 rings (SSSR count). The molecule has 0 radical (unpaired) electrons. The van der Waals surface area contributed by atoms with Gasteiger partial charge in [-0.3, -0.25) is 0 Å². The van der Waals surface area contributed by atoms with E-state index in [1.54, 1.807) is 21.3 Å². The van der Waals surface area contributed by atoms with Crippen molar-refractivity contribution in [2.75, 3.05) is 52.4 Å². The van der Waals surface area contributed by atoms with Crippen molar-refractivity contribution in [2.24, 2.45) is 0 Å². The Labute approximate surface area is 160 Å². The number of hydrogen-bond donors (Lipinski definition) is 0. The third-order valence-corrected chi connectivity index (χ3v) is 5.12. The van der Waals surface area contributed by atoms with Gasteiger partial charge in [0.1, 0.15) is 22.2 Å². The average Bonchev–Trinajstić information content (AvgIpc) is 2.73. The highest BCUT2D eigenvalue weighted by Gasteiger charge is 2.22. The number of methoxy groups -OCH3 is 3. The lowest BCUT2D eigenvalue weighted by Crippen LogP contribution is -2.48. The van der Waals surface area contributed by atoms with E-state index < -0.39 is 0 Å². The maximum Gasteiger partial charge on any atom is 0.132 e. The summed E-state index contributed by atoms with van der Waals surface area (Å²) in [7, 11) is 4.98. The summed E-state index contributed by atoms with van der Waals surface area (Å²) >= 11 is 5.73. The molecule has 0 aliphatic carbocycles. The van der Waals surface area contributed by atoms with Gasteiger partial charge < -0.3 is 24.0 Å². The van der Waals surface area contributed by atoms with Gasteiger partial charge in [0.25, 0.3) is 0 Å². The summed E-state index contributed by atoms with van der Waals surface area (Å²) < 4.78 is 16.0. The molecule has 0 unspecified atom stereocenters. The predicted octanol–water partition coefficient (Wildman–Crippen LogP) is 3.21. The Morgan fingerprint density at radius 1 is 0.808 bits per heavy atom. The lowest BCUT2D eigenvalue weighted by Gasteiger charge is -2.37. The van der Waals surface area contributed by atoms with Crippen molar-refractivity contribution in [3.05, 3.63) is 48.0 Å². The second-order valence-electron chi connectivity index (χ2n) is 6.04. The van der Waals surface area contributed by atoms with Crippen molar-refractivity contribution in [3.63, 3.8) is 0 Å². The second-order valence-corrected chi connectivity index (χ2v) is 6.43. The van der Waals surface area contributed by atoms with Crippen LogP contribution in [0.2, 0.25) is 0 Å². The topological polar surface area (TPSA) is 34.2 Å². The van der Waals surface area contributed by atoms with Crippen LogP contribution in [0.15, 0.2) is 42.5 Å². The third-order valence-electron chi connectivity index (χ3n) is 4.64. The highest BCUT2D eigenvalue weighted by molar-refractivity contribution is 7.80. The van der Waals surface area contributed by atoms with Crippen LogP contribution >= 0.6 is 12.2 Å². The van der Waals surface area contributed by atoms with Gasteiger partial charge in [0.05, 0.1) is 26.9 Å². The summed E-state index contributed by atoms with van der Waals surface area (Å²) in [5.41, 5.74) is 2.14. The van der Waals surface area contributed by atoms with E-state index in [9.17, 15) is 0 Å². The summed E-state index contributed by atoms with van der Waals surface area (Å²) in [6.07, 6.45) is 0. The molecule has 5 nitrogen and oxygen atoms in total. The normalized spacial score (nSPS) is 14.1. The van der Waals surface area contributed by atoms with Crippen molar-refractivity contribution < 1.29 is 14.2 Å². The van der Waals surface area contributed by atoms with E-state index in [0.29, 0.717) is 0 Å². The average molecular weight is 372 g/mol. The molecule has 0 spiro atoms. The van der Waals surface area contributed by atoms with Crippen LogP contribution in [0.3, 0.4) is 0 Å². The summed E-state index contributed by atoms with van der Waals surface area (Å²) in [4.78, 5) is 5.42. The number of piperazine rings is 1. The van der Waals surface area contributed by atoms with Crippen LogP contribution in [-0.4, -0.2) is 57.4 Å². The zero-order valence-electron chi connectivity index (χ0n) is 15.4. The SMILES string of the molecule is COc1ccc(N2CCN(C(=S)c3ccc(OC)cc3OC)CC2)cc1. The van der Waals surface area contributed by atoms with E-state index in [-0.39, 0.29) is 0 Å². The summed E-state index contributed by atoms with van der Waals surface area (Å²) in [5, 5.41) is 0. The van der Waals surface area contributed by atoms with Crippen molar-refractivity contribution in [1.29, 1.82) is 0 Å². The van der Waals surface area contributed by atoms with E-state index >= 15 is 0 Å². The molecule has 6 heteroatoms. The highest BCUT2D eigenvalue weighted by atomic mass is 32.1. The summed E-state index contributed by atoms with van der Waals surface area (Å²) in [5.74, 6) is 2.38. The Morgan fingerprint density at radius 2 is 1.42 bits per heavy atom. The maximum atomic E-state index is 5.73. The van der Waals surface area contributed by atoms with Gasteiger partial charge in [-0.2, -0.15) is 0 Å².